The van der Waals surface area contributed by atoms with Gasteiger partial charge in [0, 0.05) is 31.9 Å². The van der Waals surface area contributed by atoms with Gasteiger partial charge in [0.25, 0.3) is 5.91 Å². The van der Waals surface area contributed by atoms with E-state index in [9.17, 15) is 14.0 Å². The Kier molecular flexibility index (Phi) is 7.32. The van der Waals surface area contributed by atoms with Gasteiger partial charge in [-0.05, 0) is 48.7 Å². The SMILES string of the molecule is CC(C)C(NC(=O)c1ccccc1Cl)C(=O)N1CCCN(c2ccc(F)cc2)CC1. The molecular formula is C23H27ClFN3O2. The molecule has 1 unspecified atom stereocenters. The highest BCUT2D eigenvalue weighted by molar-refractivity contribution is 6.33. The largest absolute Gasteiger partial charge is 0.370 e. The monoisotopic (exact) mass is 431 g/mol. The molecule has 0 spiro atoms. The van der Waals surface area contributed by atoms with E-state index in [0.717, 1.165) is 18.7 Å². The number of nitrogens with one attached hydrogen (secondary N) is 1. The minimum absolute atomic E-state index is 0.0691. The molecule has 3 rings (SSSR count). The highest BCUT2D eigenvalue weighted by Crippen LogP contribution is 2.19. The minimum Gasteiger partial charge on any atom is -0.370 e. The standard InChI is InChI=1S/C23H27ClFN3O2/c1-16(2)21(26-22(29)19-6-3-4-7-20(19)24)23(30)28-13-5-12-27(14-15-28)18-10-8-17(25)9-11-18/h3-4,6-11,16,21H,5,12-15H2,1-2H3,(H,26,29). The van der Waals surface area contributed by atoms with Crippen molar-refractivity contribution in [3.8, 4) is 0 Å². The molecular weight excluding hydrogens is 405 g/mol. The van der Waals surface area contributed by atoms with E-state index in [2.05, 4.69) is 10.2 Å². The van der Waals surface area contributed by atoms with Crippen molar-refractivity contribution >= 4 is 29.1 Å². The van der Waals surface area contributed by atoms with Crippen LogP contribution in [0.4, 0.5) is 10.1 Å². The second kappa shape index (κ2) is 9.94. The first-order chi connectivity index (χ1) is 14.4. The Morgan fingerprint density at radius 1 is 1.00 bits per heavy atom. The Labute approximate surface area is 181 Å². The van der Waals surface area contributed by atoms with Gasteiger partial charge >= 0.3 is 0 Å². The molecule has 1 N–H and O–H groups in total. The van der Waals surface area contributed by atoms with Crippen molar-refractivity contribution in [2.24, 2.45) is 5.92 Å². The van der Waals surface area contributed by atoms with Gasteiger partial charge in [0.15, 0.2) is 0 Å². The summed E-state index contributed by atoms with van der Waals surface area (Å²) in [5.41, 5.74) is 1.30. The van der Waals surface area contributed by atoms with Gasteiger partial charge in [-0.3, -0.25) is 9.59 Å². The van der Waals surface area contributed by atoms with E-state index in [4.69, 9.17) is 11.6 Å². The van der Waals surface area contributed by atoms with Crippen LogP contribution in [-0.2, 0) is 4.79 Å². The number of halogens is 2. The van der Waals surface area contributed by atoms with E-state index in [1.54, 1.807) is 41.3 Å². The van der Waals surface area contributed by atoms with Crippen LogP contribution in [0.5, 0.6) is 0 Å². The van der Waals surface area contributed by atoms with Crippen molar-refractivity contribution in [2.75, 3.05) is 31.1 Å². The van der Waals surface area contributed by atoms with Crippen molar-refractivity contribution < 1.29 is 14.0 Å². The average Bonchev–Trinajstić information content (AvgIpc) is 2.98. The summed E-state index contributed by atoms with van der Waals surface area (Å²) in [4.78, 5) is 29.9. The number of amides is 2. The Hall–Kier alpha value is -2.60. The van der Waals surface area contributed by atoms with Crippen molar-refractivity contribution in [1.82, 2.24) is 10.2 Å². The van der Waals surface area contributed by atoms with Gasteiger partial charge in [0.2, 0.25) is 5.91 Å². The predicted molar refractivity (Wildman–Crippen MR) is 117 cm³/mol. The molecule has 0 aliphatic carbocycles. The third kappa shape index (κ3) is 5.30. The number of rotatable bonds is 5. The molecule has 2 aromatic carbocycles. The van der Waals surface area contributed by atoms with E-state index < -0.39 is 6.04 Å². The van der Waals surface area contributed by atoms with Crippen molar-refractivity contribution in [3.63, 3.8) is 0 Å². The number of hydrogen-bond donors (Lipinski definition) is 1. The number of nitrogens with zero attached hydrogens (tertiary/aromatic N) is 2. The third-order valence-corrected chi connectivity index (χ3v) is 5.67. The Bertz CT molecular complexity index is 888. The van der Waals surface area contributed by atoms with Crippen LogP contribution < -0.4 is 10.2 Å². The fourth-order valence-electron chi connectivity index (χ4n) is 3.62. The number of carbonyl (C=O) groups is 2. The summed E-state index contributed by atoms with van der Waals surface area (Å²) in [6.45, 7) is 6.42. The van der Waals surface area contributed by atoms with Crippen molar-refractivity contribution in [2.45, 2.75) is 26.3 Å². The zero-order valence-corrected chi connectivity index (χ0v) is 18.0. The Morgan fingerprint density at radius 3 is 2.37 bits per heavy atom. The summed E-state index contributed by atoms with van der Waals surface area (Å²) in [5, 5.41) is 3.23. The molecule has 0 radical (unpaired) electrons. The molecule has 2 amide bonds. The van der Waals surface area contributed by atoms with E-state index in [1.807, 2.05) is 13.8 Å². The van der Waals surface area contributed by atoms with Crippen LogP contribution in [0.1, 0.15) is 30.6 Å². The molecule has 160 valence electrons. The van der Waals surface area contributed by atoms with Crippen LogP contribution in [0.3, 0.4) is 0 Å². The molecule has 1 saturated heterocycles. The van der Waals surface area contributed by atoms with Gasteiger partial charge in [-0.25, -0.2) is 4.39 Å². The lowest BCUT2D eigenvalue weighted by molar-refractivity contribution is -0.134. The molecule has 1 atom stereocenters. The van der Waals surface area contributed by atoms with Crippen LogP contribution >= 0.6 is 11.6 Å². The second-order valence-corrected chi connectivity index (χ2v) is 8.22. The van der Waals surface area contributed by atoms with Gasteiger partial charge in [-0.2, -0.15) is 0 Å². The molecule has 30 heavy (non-hydrogen) atoms. The van der Waals surface area contributed by atoms with Crippen LogP contribution in [0.2, 0.25) is 5.02 Å². The third-order valence-electron chi connectivity index (χ3n) is 5.34. The van der Waals surface area contributed by atoms with E-state index in [1.165, 1.54) is 12.1 Å². The molecule has 7 heteroatoms. The first-order valence-electron chi connectivity index (χ1n) is 10.2. The van der Waals surface area contributed by atoms with Gasteiger partial charge in [0.05, 0.1) is 10.6 Å². The Balaban J connectivity index is 1.67. The fraction of sp³-hybridized carbons (Fsp3) is 0.391. The highest BCUT2D eigenvalue weighted by atomic mass is 35.5. The summed E-state index contributed by atoms with van der Waals surface area (Å²) in [7, 11) is 0. The summed E-state index contributed by atoms with van der Waals surface area (Å²) in [5.74, 6) is -0.776. The molecule has 5 nitrogen and oxygen atoms in total. The normalized spacial score (nSPS) is 15.6. The quantitative estimate of drug-likeness (QED) is 0.779. The van der Waals surface area contributed by atoms with Gasteiger partial charge in [-0.1, -0.05) is 37.6 Å². The zero-order chi connectivity index (χ0) is 21.7. The molecule has 0 aromatic heterocycles. The van der Waals surface area contributed by atoms with Crippen LogP contribution in [0.25, 0.3) is 0 Å². The highest BCUT2D eigenvalue weighted by Gasteiger charge is 2.30. The van der Waals surface area contributed by atoms with Crippen molar-refractivity contribution in [1.29, 1.82) is 0 Å². The van der Waals surface area contributed by atoms with Crippen LogP contribution in [0, 0.1) is 11.7 Å². The molecule has 0 bridgehead atoms. The molecule has 1 aliphatic rings. The first-order valence-corrected chi connectivity index (χ1v) is 10.6. The lowest BCUT2D eigenvalue weighted by Gasteiger charge is -2.29. The number of anilines is 1. The van der Waals surface area contributed by atoms with E-state index >= 15 is 0 Å². The number of hydrogen-bond acceptors (Lipinski definition) is 3. The summed E-state index contributed by atoms with van der Waals surface area (Å²) in [6.07, 6.45) is 0.798. The van der Waals surface area contributed by atoms with Crippen LogP contribution in [-0.4, -0.2) is 48.9 Å². The molecule has 1 fully saturated rings. The average molecular weight is 432 g/mol. The topological polar surface area (TPSA) is 52.7 Å². The van der Waals surface area contributed by atoms with E-state index in [0.29, 0.717) is 30.2 Å². The maximum absolute atomic E-state index is 13.2. The lowest BCUT2D eigenvalue weighted by atomic mass is 10.0. The number of benzene rings is 2. The maximum Gasteiger partial charge on any atom is 0.253 e. The first kappa shape index (κ1) is 22.1. The summed E-state index contributed by atoms with van der Waals surface area (Å²) < 4.78 is 13.2. The zero-order valence-electron chi connectivity index (χ0n) is 17.3. The van der Waals surface area contributed by atoms with Gasteiger partial charge in [0.1, 0.15) is 11.9 Å². The lowest BCUT2D eigenvalue weighted by Crippen LogP contribution is -2.52. The Morgan fingerprint density at radius 2 is 1.70 bits per heavy atom. The summed E-state index contributed by atoms with van der Waals surface area (Å²) >= 11 is 6.13. The van der Waals surface area contributed by atoms with Gasteiger partial charge < -0.3 is 15.1 Å². The van der Waals surface area contributed by atoms with Gasteiger partial charge in [-0.15, -0.1) is 0 Å². The molecule has 1 heterocycles. The maximum atomic E-state index is 13.2. The smallest absolute Gasteiger partial charge is 0.253 e. The predicted octanol–water partition coefficient (Wildman–Crippen LogP) is 3.97. The fourth-order valence-corrected chi connectivity index (χ4v) is 3.84. The second-order valence-electron chi connectivity index (χ2n) is 7.82. The minimum atomic E-state index is -0.633. The summed E-state index contributed by atoms with van der Waals surface area (Å²) in [6, 6.07) is 12.6. The molecule has 1 aliphatic heterocycles. The van der Waals surface area contributed by atoms with Crippen molar-refractivity contribution in [3.05, 3.63) is 64.9 Å². The molecule has 2 aromatic rings. The number of carbonyl (C=O) groups excluding carboxylic acids is 2. The van der Waals surface area contributed by atoms with E-state index in [-0.39, 0.29) is 23.5 Å². The van der Waals surface area contributed by atoms with Crippen LogP contribution in [0.15, 0.2) is 48.5 Å². The molecule has 0 saturated carbocycles.